The summed E-state index contributed by atoms with van der Waals surface area (Å²) in [5, 5.41) is 0. The Morgan fingerprint density at radius 2 is 1.86 bits per heavy atom. The first-order valence-electron chi connectivity index (χ1n) is 9.26. The maximum Gasteiger partial charge on any atom is 0.411 e. The molecule has 1 saturated heterocycles. The third-order valence-corrected chi connectivity index (χ3v) is 5.17. The van der Waals surface area contributed by atoms with Gasteiger partial charge in [0.05, 0.1) is 6.04 Å². The number of amides is 1. The molecule has 0 aliphatic carbocycles. The van der Waals surface area contributed by atoms with Gasteiger partial charge >= 0.3 is 12.7 Å². The number of alkyl halides is 2. The number of rotatable bonds is 7. The number of nitrogens with zero attached hydrogens (tertiary/aromatic N) is 1. The Morgan fingerprint density at radius 1 is 1.21 bits per heavy atom. The largest absolute Gasteiger partial charge is 0.437 e. The number of carbonyl (C=O) groups is 1. The van der Waals surface area contributed by atoms with E-state index >= 15 is 0 Å². The standard InChI is InChI=1S/C22H22F3NO3/c1-3-12-22(17-6-8-18(23)9-7-17)13-14-26(21(27)29-22)15(2)16-4-10-19(11-5-16)28-20(24)25/h3-11,15,20H,1,12-14H2,2H3/t15-,22?/m0/s1. The molecule has 29 heavy (non-hydrogen) atoms. The number of hydrogen-bond donors (Lipinski definition) is 0. The predicted octanol–water partition coefficient (Wildman–Crippen LogP) is 5.80. The van der Waals surface area contributed by atoms with Crippen molar-refractivity contribution in [3.8, 4) is 5.75 Å². The molecule has 154 valence electrons. The fraction of sp³-hybridized carbons (Fsp3) is 0.318. The van der Waals surface area contributed by atoms with Gasteiger partial charge in [0, 0.05) is 19.4 Å². The van der Waals surface area contributed by atoms with E-state index in [2.05, 4.69) is 11.3 Å². The zero-order chi connectivity index (χ0) is 21.0. The molecule has 1 fully saturated rings. The highest BCUT2D eigenvalue weighted by atomic mass is 19.3. The fourth-order valence-electron chi connectivity index (χ4n) is 3.58. The predicted molar refractivity (Wildman–Crippen MR) is 102 cm³/mol. The smallest absolute Gasteiger partial charge is 0.411 e. The van der Waals surface area contributed by atoms with Crippen LogP contribution in [0, 0.1) is 5.82 Å². The quantitative estimate of drug-likeness (QED) is 0.547. The Kier molecular flexibility index (Phi) is 6.15. The van der Waals surface area contributed by atoms with Crippen molar-refractivity contribution in [2.75, 3.05) is 6.54 Å². The van der Waals surface area contributed by atoms with Gasteiger partial charge in [-0.3, -0.25) is 0 Å². The molecule has 0 bridgehead atoms. The number of ether oxygens (including phenoxy) is 2. The summed E-state index contributed by atoms with van der Waals surface area (Å²) >= 11 is 0. The topological polar surface area (TPSA) is 38.8 Å². The van der Waals surface area contributed by atoms with E-state index in [1.807, 2.05) is 6.92 Å². The zero-order valence-electron chi connectivity index (χ0n) is 16.0. The van der Waals surface area contributed by atoms with Crippen LogP contribution in [0.1, 0.15) is 36.9 Å². The molecular formula is C22H22F3NO3. The van der Waals surface area contributed by atoms with Gasteiger partial charge in [-0.2, -0.15) is 8.78 Å². The van der Waals surface area contributed by atoms with E-state index in [-0.39, 0.29) is 17.6 Å². The molecule has 2 aromatic rings. The van der Waals surface area contributed by atoms with Crippen molar-refractivity contribution in [1.29, 1.82) is 0 Å². The lowest BCUT2D eigenvalue weighted by atomic mass is 9.85. The van der Waals surface area contributed by atoms with E-state index in [0.717, 1.165) is 5.56 Å². The lowest BCUT2D eigenvalue weighted by Crippen LogP contribution is -2.48. The minimum absolute atomic E-state index is 0.0541. The summed E-state index contributed by atoms with van der Waals surface area (Å²) in [7, 11) is 0. The third-order valence-electron chi connectivity index (χ3n) is 5.17. The molecule has 1 amide bonds. The van der Waals surface area contributed by atoms with Crippen molar-refractivity contribution >= 4 is 6.09 Å². The summed E-state index contributed by atoms with van der Waals surface area (Å²) in [5.41, 5.74) is 0.590. The molecule has 0 spiro atoms. The van der Waals surface area contributed by atoms with Crippen LogP contribution in [0.4, 0.5) is 18.0 Å². The summed E-state index contributed by atoms with van der Waals surface area (Å²) in [4.78, 5) is 14.4. The molecule has 1 heterocycles. The highest BCUT2D eigenvalue weighted by Crippen LogP contribution is 2.40. The monoisotopic (exact) mass is 405 g/mol. The molecule has 0 N–H and O–H groups in total. The van der Waals surface area contributed by atoms with E-state index in [0.29, 0.717) is 24.9 Å². The van der Waals surface area contributed by atoms with Crippen LogP contribution in [-0.4, -0.2) is 24.1 Å². The Balaban J connectivity index is 1.76. The highest BCUT2D eigenvalue weighted by molar-refractivity contribution is 5.70. The SMILES string of the molecule is C=CCC1(c2ccc(F)cc2)CCN([C@@H](C)c2ccc(OC(F)F)cc2)C(=O)O1. The van der Waals surface area contributed by atoms with Crippen LogP contribution >= 0.6 is 0 Å². The molecule has 2 atom stereocenters. The van der Waals surface area contributed by atoms with Gasteiger partial charge in [-0.05, 0) is 42.3 Å². The lowest BCUT2D eigenvalue weighted by molar-refractivity contribution is -0.0588. The molecule has 0 saturated carbocycles. The van der Waals surface area contributed by atoms with Crippen LogP contribution in [-0.2, 0) is 10.3 Å². The normalized spacial score (nSPS) is 20.3. The lowest BCUT2D eigenvalue weighted by Gasteiger charge is -2.43. The average Bonchev–Trinajstić information content (AvgIpc) is 2.68. The molecule has 2 aromatic carbocycles. The summed E-state index contributed by atoms with van der Waals surface area (Å²) in [6.45, 7) is 3.12. The van der Waals surface area contributed by atoms with Gasteiger partial charge in [0.15, 0.2) is 0 Å². The van der Waals surface area contributed by atoms with Crippen molar-refractivity contribution in [3.05, 3.63) is 78.1 Å². The Hall–Kier alpha value is -2.96. The van der Waals surface area contributed by atoms with Gasteiger partial charge in [-0.1, -0.05) is 30.3 Å². The van der Waals surface area contributed by atoms with Crippen LogP contribution in [0.2, 0.25) is 0 Å². The second kappa shape index (κ2) is 8.59. The van der Waals surface area contributed by atoms with Gasteiger partial charge < -0.3 is 14.4 Å². The van der Waals surface area contributed by atoms with Crippen molar-refractivity contribution in [1.82, 2.24) is 4.90 Å². The highest BCUT2D eigenvalue weighted by Gasteiger charge is 2.42. The molecule has 0 aromatic heterocycles. The van der Waals surface area contributed by atoms with E-state index in [9.17, 15) is 18.0 Å². The summed E-state index contributed by atoms with van der Waals surface area (Å²) in [6, 6.07) is 11.8. The van der Waals surface area contributed by atoms with Gasteiger partial charge in [0.1, 0.15) is 17.2 Å². The van der Waals surface area contributed by atoms with E-state index in [1.54, 1.807) is 35.2 Å². The van der Waals surface area contributed by atoms with Crippen molar-refractivity contribution in [3.63, 3.8) is 0 Å². The minimum Gasteiger partial charge on any atom is -0.437 e. The number of benzene rings is 2. The summed E-state index contributed by atoms with van der Waals surface area (Å²) in [6.07, 6.45) is 2.10. The van der Waals surface area contributed by atoms with Gasteiger partial charge in [-0.25, -0.2) is 9.18 Å². The summed E-state index contributed by atoms with van der Waals surface area (Å²) in [5.74, 6) is -0.308. The Morgan fingerprint density at radius 3 is 2.41 bits per heavy atom. The maximum absolute atomic E-state index is 13.3. The second-order valence-corrected chi connectivity index (χ2v) is 6.93. The van der Waals surface area contributed by atoms with Crippen molar-refractivity contribution < 1.29 is 27.4 Å². The number of cyclic esters (lactones) is 1. The molecule has 4 nitrogen and oxygen atoms in total. The molecular weight excluding hydrogens is 383 g/mol. The third kappa shape index (κ3) is 4.55. The van der Waals surface area contributed by atoms with E-state index in [4.69, 9.17) is 4.74 Å². The number of carbonyl (C=O) groups excluding carboxylic acids is 1. The van der Waals surface area contributed by atoms with Crippen LogP contribution in [0.5, 0.6) is 5.75 Å². The molecule has 1 unspecified atom stereocenters. The molecule has 1 aliphatic heterocycles. The summed E-state index contributed by atoms with van der Waals surface area (Å²) < 4.78 is 48.1. The van der Waals surface area contributed by atoms with Crippen LogP contribution in [0.15, 0.2) is 61.2 Å². The van der Waals surface area contributed by atoms with Crippen molar-refractivity contribution in [2.45, 2.75) is 38.0 Å². The molecule has 1 aliphatic rings. The number of hydrogen-bond acceptors (Lipinski definition) is 3. The molecule has 7 heteroatoms. The van der Waals surface area contributed by atoms with Crippen LogP contribution < -0.4 is 4.74 Å². The first-order chi connectivity index (χ1) is 13.8. The van der Waals surface area contributed by atoms with Crippen molar-refractivity contribution in [2.24, 2.45) is 0 Å². The number of halogens is 3. The van der Waals surface area contributed by atoms with E-state index < -0.39 is 18.3 Å². The first-order valence-corrected chi connectivity index (χ1v) is 9.26. The van der Waals surface area contributed by atoms with E-state index in [1.165, 1.54) is 24.3 Å². The van der Waals surface area contributed by atoms with Gasteiger partial charge in [0.25, 0.3) is 0 Å². The van der Waals surface area contributed by atoms with Crippen LogP contribution in [0.25, 0.3) is 0 Å². The fourth-order valence-corrected chi connectivity index (χ4v) is 3.58. The first kappa shape index (κ1) is 20.8. The Bertz CT molecular complexity index is 855. The maximum atomic E-state index is 13.3. The van der Waals surface area contributed by atoms with Gasteiger partial charge in [-0.15, -0.1) is 6.58 Å². The molecule has 3 rings (SSSR count). The second-order valence-electron chi connectivity index (χ2n) is 6.93. The minimum atomic E-state index is -2.89. The zero-order valence-corrected chi connectivity index (χ0v) is 16.0. The Labute approximate surface area is 167 Å². The molecule has 0 radical (unpaired) electrons. The average molecular weight is 405 g/mol. The van der Waals surface area contributed by atoms with Crippen LogP contribution in [0.3, 0.4) is 0 Å². The van der Waals surface area contributed by atoms with Gasteiger partial charge in [0.2, 0.25) is 0 Å².